The Labute approximate surface area is 134 Å². The summed E-state index contributed by atoms with van der Waals surface area (Å²) in [6.45, 7) is 10.9. The van der Waals surface area contributed by atoms with E-state index in [2.05, 4.69) is 22.9 Å². The Morgan fingerprint density at radius 2 is 2.00 bits per heavy atom. The molecular formula is C15H24BrNO2S. The summed E-state index contributed by atoms with van der Waals surface area (Å²) in [6, 6.07) is 6.08. The van der Waals surface area contributed by atoms with E-state index in [4.69, 9.17) is 4.74 Å². The van der Waals surface area contributed by atoms with Crippen LogP contribution in [0.1, 0.15) is 46.2 Å². The molecule has 0 fully saturated rings. The normalized spacial score (nSPS) is 15.2. The van der Waals surface area contributed by atoms with Crippen LogP contribution in [0, 0.1) is 0 Å². The number of nitrogens with zero attached hydrogens (tertiary/aromatic N) is 1. The van der Waals surface area contributed by atoms with Gasteiger partial charge in [0.15, 0.2) is 0 Å². The van der Waals surface area contributed by atoms with Gasteiger partial charge < -0.3 is 9.29 Å². The van der Waals surface area contributed by atoms with E-state index < -0.39 is 11.4 Å². The molecule has 0 spiro atoms. The summed E-state index contributed by atoms with van der Waals surface area (Å²) in [6.07, 6.45) is 0. The summed E-state index contributed by atoms with van der Waals surface area (Å²) < 4.78 is 20.6. The molecule has 0 aliphatic heterocycles. The third kappa shape index (κ3) is 4.13. The minimum absolute atomic E-state index is 0.0854. The lowest BCUT2D eigenvalue weighted by Crippen LogP contribution is -2.44. The Bertz CT molecular complexity index is 448. The van der Waals surface area contributed by atoms with Gasteiger partial charge in [-0.05, 0) is 68.2 Å². The molecule has 5 heteroatoms. The molecule has 1 rings (SSSR count). The summed E-state index contributed by atoms with van der Waals surface area (Å²) in [7, 11) is 1.65. The summed E-state index contributed by atoms with van der Waals surface area (Å²) in [5.41, 5.74) is 1.12. The van der Waals surface area contributed by atoms with Crippen LogP contribution in [0.4, 0.5) is 0 Å². The first-order chi connectivity index (χ1) is 9.22. The van der Waals surface area contributed by atoms with Gasteiger partial charge >= 0.3 is 0 Å². The topological polar surface area (TPSA) is 35.5 Å². The second kappa shape index (κ2) is 7.16. The van der Waals surface area contributed by atoms with Crippen molar-refractivity contribution in [2.45, 2.75) is 45.4 Å². The molecule has 2 atom stereocenters. The number of rotatable bonds is 5. The number of halogens is 1. The molecule has 0 N–H and O–H groups in total. The van der Waals surface area contributed by atoms with E-state index in [1.54, 1.807) is 7.11 Å². The molecule has 0 radical (unpaired) electrons. The molecule has 1 aromatic rings. The van der Waals surface area contributed by atoms with Crippen molar-refractivity contribution in [3.8, 4) is 5.75 Å². The summed E-state index contributed by atoms with van der Waals surface area (Å²) in [5, 5.41) is 0. The highest BCUT2D eigenvalue weighted by Crippen LogP contribution is 2.33. The quantitative estimate of drug-likeness (QED) is 0.733. The fourth-order valence-corrected chi connectivity index (χ4v) is 3.90. The molecule has 0 aromatic heterocycles. The van der Waals surface area contributed by atoms with E-state index in [-0.39, 0.29) is 10.8 Å². The maximum Gasteiger partial charge on any atom is 0.137 e. The van der Waals surface area contributed by atoms with Gasteiger partial charge in [-0.15, -0.1) is 4.31 Å². The molecule has 1 aromatic carbocycles. The van der Waals surface area contributed by atoms with Gasteiger partial charge in [-0.3, -0.25) is 0 Å². The van der Waals surface area contributed by atoms with Crippen molar-refractivity contribution in [1.29, 1.82) is 0 Å². The monoisotopic (exact) mass is 361 g/mol. The Morgan fingerprint density at radius 3 is 2.40 bits per heavy atom. The van der Waals surface area contributed by atoms with Gasteiger partial charge in [-0.2, -0.15) is 0 Å². The zero-order valence-electron chi connectivity index (χ0n) is 13.1. The van der Waals surface area contributed by atoms with Crippen LogP contribution in [0.15, 0.2) is 22.7 Å². The summed E-state index contributed by atoms with van der Waals surface area (Å²) >= 11 is 2.47. The van der Waals surface area contributed by atoms with Gasteiger partial charge in [0, 0.05) is 17.9 Å². The highest BCUT2D eigenvalue weighted by Gasteiger charge is 2.35. The molecule has 0 heterocycles. The van der Waals surface area contributed by atoms with E-state index in [9.17, 15) is 4.55 Å². The van der Waals surface area contributed by atoms with Crippen molar-refractivity contribution in [3.63, 3.8) is 0 Å². The Morgan fingerprint density at radius 1 is 1.40 bits per heavy atom. The second-order valence-corrected chi connectivity index (χ2v) is 8.71. The van der Waals surface area contributed by atoms with Gasteiger partial charge in [0.2, 0.25) is 0 Å². The molecule has 0 bridgehead atoms. The minimum atomic E-state index is -1.03. The molecule has 20 heavy (non-hydrogen) atoms. The van der Waals surface area contributed by atoms with Crippen LogP contribution in [0.3, 0.4) is 0 Å². The van der Waals surface area contributed by atoms with Crippen molar-refractivity contribution in [2.75, 3.05) is 13.7 Å². The number of ether oxygens (including phenoxy) is 1. The maximum absolute atomic E-state index is 12.6. The predicted octanol–water partition coefficient (Wildman–Crippen LogP) is 4.30. The number of hydrogen-bond acceptors (Lipinski definition) is 3. The van der Waals surface area contributed by atoms with E-state index in [0.717, 1.165) is 22.3 Å². The van der Waals surface area contributed by atoms with Crippen molar-refractivity contribution in [1.82, 2.24) is 4.31 Å². The van der Waals surface area contributed by atoms with Crippen LogP contribution in [-0.4, -0.2) is 27.3 Å². The van der Waals surface area contributed by atoms with Gasteiger partial charge in [-0.25, -0.2) is 0 Å². The zero-order valence-corrected chi connectivity index (χ0v) is 15.5. The van der Waals surface area contributed by atoms with Crippen LogP contribution in [0.25, 0.3) is 0 Å². The SMILES string of the molecule is CCN([C@H](C)c1ccc(OC)c(Br)c1)[S@@+]([O-])C(C)(C)C. The van der Waals surface area contributed by atoms with E-state index in [0.29, 0.717) is 0 Å². The lowest BCUT2D eigenvalue weighted by molar-refractivity contribution is 0.344. The minimum Gasteiger partial charge on any atom is -0.597 e. The lowest BCUT2D eigenvalue weighted by Gasteiger charge is -2.35. The molecule has 0 saturated carbocycles. The second-order valence-electron chi connectivity index (χ2n) is 5.66. The molecule has 3 nitrogen and oxygen atoms in total. The van der Waals surface area contributed by atoms with E-state index >= 15 is 0 Å². The molecule has 0 aliphatic carbocycles. The van der Waals surface area contributed by atoms with Crippen LogP contribution in [0.2, 0.25) is 0 Å². The number of benzene rings is 1. The third-order valence-corrected chi connectivity index (χ3v) is 5.81. The Kier molecular flexibility index (Phi) is 6.38. The van der Waals surface area contributed by atoms with Crippen LogP contribution >= 0.6 is 15.9 Å². The fraction of sp³-hybridized carbons (Fsp3) is 0.600. The highest BCUT2D eigenvalue weighted by molar-refractivity contribution is 9.10. The first-order valence-electron chi connectivity index (χ1n) is 6.74. The lowest BCUT2D eigenvalue weighted by atomic mass is 10.1. The fourth-order valence-electron chi connectivity index (χ4n) is 2.00. The molecule has 0 amide bonds. The van der Waals surface area contributed by atoms with Crippen LogP contribution < -0.4 is 4.74 Å². The van der Waals surface area contributed by atoms with Crippen molar-refractivity contribution in [3.05, 3.63) is 28.2 Å². The predicted molar refractivity (Wildman–Crippen MR) is 89.4 cm³/mol. The van der Waals surface area contributed by atoms with Crippen molar-refractivity contribution >= 4 is 27.3 Å². The van der Waals surface area contributed by atoms with Gasteiger partial charge in [0.05, 0.1) is 17.6 Å². The first kappa shape index (κ1) is 17.8. The molecule has 114 valence electrons. The van der Waals surface area contributed by atoms with E-state index in [1.807, 2.05) is 50.2 Å². The Balaban J connectivity index is 3.02. The zero-order chi connectivity index (χ0) is 15.5. The highest BCUT2D eigenvalue weighted by atomic mass is 79.9. The van der Waals surface area contributed by atoms with E-state index in [1.165, 1.54) is 0 Å². The smallest absolute Gasteiger partial charge is 0.137 e. The first-order valence-corrected chi connectivity index (χ1v) is 8.64. The molecule has 0 saturated heterocycles. The number of hydrogen-bond donors (Lipinski definition) is 0. The molecular weight excluding hydrogens is 338 g/mol. The van der Waals surface area contributed by atoms with Gasteiger partial charge in [0.1, 0.15) is 10.5 Å². The molecule has 0 aliphatic rings. The standard InChI is InChI=1S/C15H24BrNO2S/c1-7-17(20(18)15(3,4)5)11(2)12-8-9-14(19-6)13(16)10-12/h8-11H,7H2,1-6H3/t11-,20+/m1/s1. The van der Waals surface area contributed by atoms with Crippen LogP contribution in [-0.2, 0) is 11.4 Å². The average molecular weight is 362 g/mol. The van der Waals surface area contributed by atoms with Crippen molar-refractivity contribution in [2.24, 2.45) is 0 Å². The summed E-state index contributed by atoms with van der Waals surface area (Å²) in [4.78, 5) is 0. The number of methoxy groups -OCH3 is 1. The van der Waals surface area contributed by atoms with Gasteiger partial charge in [-0.1, -0.05) is 6.07 Å². The Hall–Kier alpha value is -0.230. The van der Waals surface area contributed by atoms with Crippen molar-refractivity contribution < 1.29 is 9.29 Å². The van der Waals surface area contributed by atoms with Gasteiger partial charge in [0.25, 0.3) is 0 Å². The maximum atomic E-state index is 12.6. The largest absolute Gasteiger partial charge is 0.597 e. The third-order valence-electron chi connectivity index (χ3n) is 3.14. The molecule has 0 unspecified atom stereocenters. The van der Waals surface area contributed by atoms with Crippen LogP contribution in [0.5, 0.6) is 5.75 Å². The summed E-state index contributed by atoms with van der Waals surface area (Å²) in [5.74, 6) is 0.806. The average Bonchev–Trinajstić information content (AvgIpc) is 2.38.